The van der Waals surface area contributed by atoms with E-state index in [9.17, 15) is 4.39 Å². The summed E-state index contributed by atoms with van der Waals surface area (Å²) in [4.78, 5) is 4.28. The Bertz CT molecular complexity index is 637. The van der Waals surface area contributed by atoms with Crippen molar-refractivity contribution in [1.29, 1.82) is 0 Å². The molecule has 1 fully saturated rings. The van der Waals surface area contributed by atoms with Gasteiger partial charge in [-0.1, -0.05) is 0 Å². The Morgan fingerprint density at radius 1 is 1.45 bits per heavy atom. The smallest absolute Gasteiger partial charge is 0.201 e. The quantitative estimate of drug-likeness (QED) is 0.909. The summed E-state index contributed by atoms with van der Waals surface area (Å²) in [7, 11) is 0. The molecule has 6 heteroatoms. The number of hydrogen-bond donors (Lipinski definition) is 1. The molecule has 2 N–H and O–H groups in total. The number of imidazole rings is 1. The fourth-order valence-corrected chi connectivity index (χ4v) is 3.28. The van der Waals surface area contributed by atoms with Crippen molar-refractivity contribution < 1.29 is 9.13 Å². The summed E-state index contributed by atoms with van der Waals surface area (Å²) < 4.78 is 21.4. The largest absolute Gasteiger partial charge is 0.381 e. The van der Waals surface area contributed by atoms with Crippen LogP contribution in [-0.4, -0.2) is 22.8 Å². The molecule has 3 rings (SSSR count). The van der Waals surface area contributed by atoms with Crippen molar-refractivity contribution in [2.45, 2.75) is 25.8 Å². The molecule has 0 bridgehead atoms. The zero-order valence-electron chi connectivity index (χ0n) is 11.3. The molecule has 1 aromatic heterocycles. The number of nitrogens with zero attached hydrogens (tertiary/aromatic N) is 2. The molecule has 20 heavy (non-hydrogen) atoms. The van der Waals surface area contributed by atoms with Crippen LogP contribution in [-0.2, 0) is 4.74 Å². The van der Waals surface area contributed by atoms with Crippen molar-refractivity contribution >= 4 is 32.9 Å². The first-order chi connectivity index (χ1) is 9.58. The summed E-state index contributed by atoms with van der Waals surface area (Å²) in [6.07, 6.45) is 2.03. The second-order valence-corrected chi connectivity index (χ2v) is 6.14. The molecular weight excluding hydrogens is 325 g/mol. The Kier molecular flexibility index (Phi) is 3.69. The Morgan fingerprint density at radius 3 is 2.85 bits per heavy atom. The normalized spacial score (nSPS) is 18.6. The van der Waals surface area contributed by atoms with Crippen molar-refractivity contribution in [3.63, 3.8) is 0 Å². The minimum absolute atomic E-state index is 0.223. The molecule has 0 saturated carbocycles. The highest BCUT2D eigenvalue weighted by Crippen LogP contribution is 2.34. The lowest BCUT2D eigenvalue weighted by Gasteiger charge is -2.29. The second-order valence-electron chi connectivity index (χ2n) is 5.29. The SMILES string of the molecule is CC(C1CCOCC1)n1c(N)nc2cc(F)c(Br)cc21. The zero-order chi connectivity index (χ0) is 14.3. The van der Waals surface area contributed by atoms with Gasteiger partial charge in [-0.3, -0.25) is 0 Å². The van der Waals surface area contributed by atoms with Gasteiger partial charge in [0.2, 0.25) is 5.95 Å². The molecule has 0 aliphatic carbocycles. The molecule has 1 aromatic carbocycles. The lowest BCUT2D eigenvalue weighted by molar-refractivity contribution is 0.0521. The van der Waals surface area contributed by atoms with E-state index in [1.807, 2.05) is 4.57 Å². The van der Waals surface area contributed by atoms with Gasteiger partial charge in [-0.2, -0.15) is 0 Å². The minimum Gasteiger partial charge on any atom is -0.381 e. The highest BCUT2D eigenvalue weighted by molar-refractivity contribution is 9.10. The van der Waals surface area contributed by atoms with Crippen LogP contribution in [0.5, 0.6) is 0 Å². The van der Waals surface area contributed by atoms with E-state index in [1.54, 1.807) is 6.07 Å². The van der Waals surface area contributed by atoms with Gasteiger partial charge >= 0.3 is 0 Å². The van der Waals surface area contributed by atoms with Gasteiger partial charge in [0.15, 0.2) is 0 Å². The summed E-state index contributed by atoms with van der Waals surface area (Å²) in [5.74, 6) is 0.629. The first-order valence-corrected chi connectivity index (χ1v) is 7.57. The maximum atomic E-state index is 13.6. The van der Waals surface area contributed by atoms with Crippen molar-refractivity contribution in [3.8, 4) is 0 Å². The average molecular weight is 342 g/mol. The Labute approximate surface area is 125 Å². The van der Waals surface area contributed by atoms with Crippen molar-refractivity contribution in [3.05, 3.63) is 22.4 Å². The number of fused-ring (bicyclic) bond motifs is 1. The van der Waals surface area contributed by atoms with Crippen LogP contribution in [0, 0.1) is 11.7 Å². The fraction of sp³-hybridized carbons (Fsp3) is 0.500. The summed E-state index contributed by atoms with van der Waals surface area (Å²) >= 11 is 3.23. The molecule has 1 saturated heterocycles. The van der Waals surface area contributed by atoms with Gasteiger partial charge in [0.05, 0.1) is 15.5 Å². The van der Waals surface area contributed by atoms with Crippen LogP contribution in [0.25, 0.3) is 11.0 Å². The maximum Gasteiger partial charge on any atom is 0.201 e. The van der Waals surface area contributed by atoms with E-state index in [1.165, 1.54) is 6.07 Å². The molecule has 1 aliphatic rings. The molecule has 0 spiro atoms. The maximum absolute atomic E-state index is 13.6. The van der Waals surface area contributed by atoms with Gasteiger partial charge in [0.1, 0.15) is 5.82 Å². The highest BCUT2D eigenvalue weighted by atomic mass is 79.9. The van der Waals surface area contributed by atoms with E-state index < -0.39 is 0 Å². The lowest BCUT2D eigenvalue weighted by atomic mass is 9.92. The van der Waals surface area contributed by atoms with Gasteiger partial charge in [-0.15, -0.1) is 0 Å². The topological polar surface area (TPSA) is 53.1 Å². The molecule has 0 amide bonds. The number of halogens is 2. The molecule has 1 atom stereocenters. The van der Waals surface area contributed by atoms with Crippen LogP contribution in [0.4, 0.5) is 10.3 Å². The van der Waals surface area contributed by atoms with E-state index >= 15 is 0 Å². The third-order valence-electron chi connectivity index (χ3n) is 4.11. The van der Waals surface area contributed by atoms with Crippen LogP contribution in [0.1, 0.15) is 25.8 Å². The Morgan fingerprint density at radius 2 is 2.15 bits per heavy atom. The number of aromatic nitrogens is 2. The van der Waals surface area contributed by atoms with E-state index in [4.69, 9.17) is 10.5 Å². The number of rotatable bonds is 2. The van der Waals surface area contributed by atoms with Gasteiger partial charge in [0, 0.05) is 25.3 Å². The van der Waals surface area contributed by atoms with E-state index in [-0.39, 0.29) is 11.9 Å². The highest BCUT2D eigenvalue weighted by Gasteiger charge is 2.25. The molecule has 108 valence electrons. The molecule has 1 unspecified atom stereocenters. The molecule has 2 aromatic rings. The predicted molar refractivity (Wildman–Crippen MR) is 80.1 cm³/mol. The lowest BCUT2D eigenvalue weighted by Crippen LogP contribution is -2.24. The first-order valence-electron chi connectivity index (χ1n) is 6.78. The van der Waals surface area contributed by atoms with E-state index in [0.717, 1.165) is 31.6 Å². The number of ether oxygens (including phenoxy) is 1. The standard InChI is InChI=1S/C14H17BrFN3O/c1-8(9-2-4-20-5-3-9)19-13-6-10(15)11(16)7-12(13)18-14(19)17/h6-9H,2-5H2,1H3,(H2,17,18). The Hall–Kier alpha value is -1.14. The summed E-state index contributed by atoms with van der Waals surface area (Å²) in [6.45, 7) is 3.73. The number of hydrogen-bond acceptors (Lipinski definition) is 3. The number of nitrogen functional groups attached to an aromatic ring is 1. The second kappa shape index (κ2) is 5.33. The number of anilines is 1. The summed E-state index contributed by atoms with van der Waals surface area (Å²) in [5, 5.41) is 0. The van der Waals surface area contributed by atoms with Crippen LogP contribution in [0.15, 0.2) is 16.6 Å². The third kappa shape index (κ3) is 2.31. The van der Waals surface area contributed by atoms with Crippen molar-refractivity contribution in [2.75, 3.05) is 18.9 Å². The monoisotopic (exact) mass is 341 g/mol. The molecule has 0 radical (unpaired) electrons. The van der Waals surface area contributed by atoms with E-state index in [0.29, 0.717) is 21.9 Å². The van der Waals surface area contributed by atoms with Gasteiger partial charge in [-0.05, 0) is 47.7 Å². The molecule has 2 heterocycles. The number of benzene rings is 1. The van der Waals surface area contributed by atoms with E-state index in [2.05, 4.69) is 27.8 Å². The first kappa shape index (κ1) is 13.8. The Balaban J connectivity index is 2.05. The van der Waals surface area contributed by atoms with Crippen LogP contribution in [0.3, 0.4) is 0 Å². The van der Waals surface area contributed by atoms with Crippen molar-refractivity contribution in [1.82, 2.24) is 9.55 Å². The predicted octanol–water partition coefficient (Wildman–Crippen LogP) is 3.51. The molecular formula is C14H17BrFN3O. The summed E-state index contributed by atoms with van der Waals surface area (Å²) in [6, 6.07) is 3.40. The zero-order valence-corrected chi connectivity index (χ0v) is 12.9. The van der Waals surface area contributed by atoms with Crippen LogP contribution < -0.4 is 5.73 Å². The third-order valence-corrected chi connectivity index (χ3v) is 4.72. The number of nitrogens with two attached hydrogens (primary N) is 1. The van der Waals surface area contributed by atoms with Gasteiger partial charge in [-0.25, -0.2) is 9.37 Å². The fourth-order valence-electron chi connectivity index (χ4n) is 2.95. The average Bonchev–Trinajstić information content (AvgIpc) is 2.75. The van der Waals surface area contributed by atoms with Gasteiger partial charge < -0.3 is 15.0 Å². The molecule has 4 nitrogen and oxygen atoms in total. The minimum atomic E-state index is -0.319. The van der Waals surface area contributed by atoms with Gasteiger partial charge in [0.25, 0.3) is 0 Å². The van der Waals surface area contributed by atoms with Crippen LogP contribution in [0.2, 0.25) is 0 Å². The van der Waals surface area contributed by atoms with Crippen molar-refractivity contribution in [2.24, 2.45) is 5.92 Å². The summed E-state index contributed by atoms with van der Waals surface area (Å²) in [5.41, 5.74) is 7.51. The van der Waals surface area contributed by atoms with Crippen LogP contribution >= 0.6 is 15.9 Å². The molecule has 1 aliphatic heterocycles.